The molecule has 0 spiro atoms. The van der Waals surface area contributed by atoms with Crippen LogP contribution in [0, 0.1) is 25.2 Å². The van der Waals surface area contributed by atoms with Crippen molar-refractivity contribution in [1.82, 2.24) is 0 Å². The fraction of sp³-hybridized carbons (Fsp3) is 0.120. The number of nitrogens with one attached hydrogen (secondary N) is 1. The van der Waals surface area contributed by atoms with E-state index in [1.54, 1.807) is 36.4 Å². The van der Waals surface area contributed by atoms with E-state index in [1.165, 1.54) is 6.08 Å². The zero-order valence-corrected chi connectivity index (χ0v) is 19.4. The molecule has 0 saturated heterocycles. The van der Waals surface area contributed by atoms with E-state index in [0.717, 1.165) is 21.2 Å². The molecule has 1 amide bonds. The molecule has 0 radical (unpaired) electrons. The third-order valence-electron chi connectivity index (χ3n) is 4.43. The molecule has 6 heteroatoms. The number of nitriles is 1. The average Bonchev–Trinajstić information content (AvgIpc) is 2.72. The number of para-hydroxylation sites is 1. The van der Waals surface area contributed by atoms with Crippen LogP contribution < -0.4 is 10.1 Å². The third kappa shape index (κ3) is 6.21. The van der Waals surface area contributed by atoms with E-state index in [-0.39, 0.29) is 5.57 Å². The minimum Gasteiger partial charge on any atom is -0.488 e. The summed E-state index contributed by atoms with van der Waals surface area (Å²) in [5.41, 5.74) is 4.37. The van der Waals surface area contributed by atoms with Crippen LogP contribution in [0.1, 0.15) is 22.3 Å². The molecule has 156 valence electrons. The minimum absolute atomic E-state index is 0.0609. The van der Waals surface area contributed by atoms with Crippen LogP contribution in [0.2, 0.25) is 5.02 Å². The first-order valence-electron chi connectivity index (χ1n) is 9.53. The maximum atomic E-state index is 12.6. The number of nitrogens with zero attached hydrogens (tertiary/aromatic N) is 1. The van der Waals surface area contributed by atoms with Gasteiger partial charge in [-0.1, -0.05) is 69.0 Å². The van der Waals surface area contributed by atoms with Gasteiger partial charge >= 0.3 is 0 Å². The first kappa shape index (κ1) is 22.6. The van der Waals surface area contributed by atoms with Crippen LogP contribution in [-0.2, 0) is 11.4 Å². The van der Waals surface area contributed by atoms with Gasteiger partial charge in [0.15, 0.2) is 0 Å². The van der Waals surface area contributed by atoms with Gasteiger partial charge in [0.25, 0.3) is 5.91 Å². The lowest BCUT2D eigenvalue weighted by atomic mass is 10.1. The molecule has 0 aliphatic rings. The summed E-state index contributed by atoms with van der Waals surface area (Å²) in [6.07, 6.45) is 1.51. The summed E-state index contributed by atoms with van der Waals surface area (Å²) >= 11 is 9.54. The number of ether oxygens (including phenoxy) is 1. The maximum Gasteiger partial charge on any atom is 0.266 e. The van der Waals surface area contributed by atoms with Crippen molar-refractivity contribution in [3.8, 4) is 11.8 Å². The zero-order chi connectivity index (χ0) is 22.4. The SMILES string of the molecule is Cc1cc(C)cc(COc2ccc(Br)cc2/C=C(\C#N)C(=O)Nc2ccccc2Cl)c1. The highest BCUT2D eigenvalue weighted by Gasteiger charge is 2.13. The summed E-state index contributed by atoms with van der Waals surface area (Å²) < 4.78 is 6.83. The Morgan fingerprint density at radius 1 is 1.13 bits per heavy atom. The Hall–Kier alpha value is -3.07. The van der Waals surface area contributed by atoms with Crippen molar-refractivity contribution in [1.29, 1.82) is 5.26 Å². The highest BCUT2D eigenvalue weighted by atomic mass is 79.9. The number of amides is 1. The first-order chi connectivity index (χ1) is 14.9. The second kappa shape index (κ2) is 10.3. The number of aryl methyl sites for hydroxylation is 2. The molecule has 0 aliphatic heterocycles. The molecule has 0 aromatic heterocycles. The summed E-state index contributed by atoms with van der Waals surface area (Å²) in [5, 5.41) is 12.6. The van der Waals surface area contributed by atoms with Crippen molar-refractivity contribution in [3.63, 3.8) is 0 Å². The van der Waals surface area contributed by atoms with Crippen LogP contribution >= 0.6 is 27.5 Å². The minimum atomic E-state index is -0.546. The van der Waals surface area contributed by atoms with E-state index < -0.39 is 5.91 Å². The number of anilines is 1. The number of hydrogen-bond acceptors (Lipinski definition) is 3. The predicted octanol–water partition coefficient (Wildman–Crippen LogP) is 6.84. The van der Waals surface area contributed by atoms with Crippen LogP contribution in [0.25, 0.3) is 6.08 Å². The quantitative estimate of drug-likeness (QED) is 0.301. The molecule has 1 N–H and O–H groups in total. The number of rotatable bonds is 6. The number of hydrogen-bond donors (Lipinski definition) is 1. The molecule has 3 aromatic rings. The lowest BCUT2D eigenvalue weighted by Gasteiger charge is -2.12. The Balaban J connectivity index is 1.85. The third-order valence-corrected chi connectivity index (χ3v) is 5.26. The van der Waals surface area contributed by atoms with E-state index in [0.29, 0.717) is 28.6 Å². The topological polar surface area (TPSA) is 62.1 Å². The molecule has 0 atom stereocenters. The normalized spacial score (nSPS) is 11.0. The van der Waals surface area contributed by atoms with Gasteiger partial charge in [0.1, 0.15) is 24.0 Å². The predicted molar refractivity (Wildman–Crippen MR) is 128 cm³/mol. The smallest absolute Gasteiger partial charge is 0.266 e. The van der Waals surface area contributed by atoms with Gasteiger partial charge in [0, 0.05) is 10.0 Å². The Morgan fingerprint density at radius 3 is 2.52 bits per heavy atom. The number of carbonyl (C=O) groups excluding carboxylic acids is 1. The van der Waals surface area contributed by atoms with Gasteiger partial charge < -0.3 is 10.1 Å². The van der Waals surface area contributed by atoms with E-state index in [1.807, 2.05) is 26.0 Å². The highest BCUT2D eigenvalue weighted by Crippen LogP contribution is 2.27. The van der Waals surface area contributed by atoms with E-state index in [4.69, 9.17) is 16.3 Å². The Labute approximate surface area is 195 Å². The molecule has 3 rings (SSSR count). The molecule has 0 fully saturated rings. The molecular weight excluding hydrogens is 476 g/mol. The Morgan fingerprint density at radius 2 is 1.84 bits per heavy atom. The van der Waals surface area contributed by atoms with Gasteiger partial charge in [-0.05, 0) is 55.8 Å². The standard InChI is InChI=1S/C25H20BrClN2O2/c1-16-9-17(2)11-18(10-16)15-31-24-8-7-21(26)13-19(24)12-20(14-28)25(30)29-23-6-4-3-5-22(23)27/h3-13H,15H2,1-2H3,(H,29,30)/b20-12+. The van der Waals surface area contributed by atoms with Crippen molar-refractivity contribution < 1.29 is 9.53 Å². The molecule has 0 unspecified atom stereocenters. The van der Waals surface area contributed by atoms with Gasteiger partial charge in [-0.25, -0.2) is 0 Å². The van der Waals surface area contributed by atoms with Gasteiger partial charge in [0.05, 0.1) is 10.7 Å². The molecule has 0 saturated carbocycles. The van der Waals surface area contributed by atoms with Crippen LogP contribution in [0.15, 0.2) is 70.7 Å². The van der Waals surface area contributed by atoms with Gasteiger partial charge in [0.2, 0.25) is 0 Å². The largest absolute Gasteiger partial charge is 0.488 e. The second-order valence-corrected chi connectivity index (χ2v) is 8.39. The van der Waals surface area contributed by atoms with Crippen molar-refractivity contribution in [2.24, 2.45) is 0 Å². The molecule has 31 heavy (non-hydrogen) atoms. The molecule has 0 aliphatic carbocycles. The van der Waals surface area contributed by atoms with Crippen LogP contribution in [0.4, 0.5) is 5.69 Å². The van der Waals surface area contributed by atoms with Crippen LogP contribution in [-0.4, -0.2) is 5.91 Å². The van der Waals surface area contributed by atoms with Crippen LogP contribution in [0.5, 0.6) is 5.75 Å². The van der Waals surface area contributed by atoms with Crippen molar-refractivity contribution in [3.05, 3.63) is 98.0 Å². The van der Waals surface area contributed by atoms with Crippen LogP contribution in [0.3, 0.4) is 0 Å². The summed E-state index contributed by atoms with van der Waals surface area (Å²) in [4.78, 5) is 12.6. The first-order valence-corrected chi connectivity index (χ1v) is 10.7. The number of halogens is 2. The Bertz CT molecular complexity index is 1180. The summed E-state index contributed by atoms with van der Waals surface area (Å²) in [7, 11) is 0. The highest BCUT2D eigenvalue weighted by molar-refractivity contribution is 9.10. The fourth-order valence-electron chi connectivity index (χ4n) is 3.13. The summed E-state index contributed by atoms with van der Waals surface area (Å²) in [5.74, 6) is 0.0245. The van der Waals surface area contributed by atoms with Crippen molar-refractivity contribution in [2.45, 2.75) is 20.5 Å². The molecule has 3 aromatic carbocycles. The average molecular weight is 496 g/mol. The lowest BCUT2D eigenvalue weighted by molar-refractivity contribution is -0.112. The summed E-state index contributed by atoms with van der Waals surface area (Å²) in [6.45, 7) is 4.46. The zero-order valence-electron chi connectivity index (χ0n) is 17.1. The van der Waals surface area contributed by atoms with E-state index >= 15 is 0 Å². The lowest BCUT2D eigenvalue weighted by Crippen LogP contribution is -2.13. The van der Waals surface area contributed by atoms with Crippen molar-refractivity contribution in [2.75, 3.05) is 5.32 Å². The Kier molecular flexibility index (Phi) is 7.51. The fourth-order valence-corrected chi connectivity index (χ4v) is 3.70. The second-order valence-electron chi connectivity index (χ2n) is 7.07. The molecule has 0 heterocycles. The number of carbonyl (C=O) groups is 1. The van der Waals surface area contributed by atoms with E-state index in [9.17, 15) is 10.1 Å². The van der Waals surface area contributed by atoms with Gasteiger partial charge in [-0.2, -0.15) is 5.26 Å². The molecule has 4 nitrogen and oxygen atoms in total. The monoisotopic (exact) mass is 494 g/mol. The number of benzene rings is 3. The van der Waals surface area contributed by atoms with Gasteiger partial charge in [-0.15, -0.1) is 0 Å². The van der Waals surface area contributed by atoms with Crippen molar-refractivity contribution >= 4 is 45.2 Å². The molecule has 0 bridgehead atoms. The van der Waals surface area contributed by atoms with E-state index in [2.05, 4.69) is 39.4 Å². The summed E-state index contributed by atoms with van der Waals surface area (Å²) in [6, 6.07) is 20.5. The maximum absolute atomic E-state index is 12.6. The molecular formula is C25H20BrClN2O2. The van der Waals surface area contributed by atoms with Gasteiger partial charge in [-0.3, -0.25) is 4.79 Å².